The van der Waals surface area contributed by atoms with Crippen molar-refractivity contribution in [1.82, 2.24) is 19.4 Å². The molecule has 2 saturated heterocycles. The Morgan fingerprint density at radius 3 is 2.74 bits per heavy atom. The molecular weight excluding hydrogens is 365 g/mol. The minimum atomic E-state index is -4.27. The highest BCUT2D eigenvalue weighted by molar-refractivity contribution is 5.74. The van der Waals surface area contributed by atoms with E-state index in [1.54, 1.807) is 20.0 Å². The highest BCUT2D eigenvalue weighted by Gasteiger charge is 2.56. The fourth-order valence-electron chi connectivity index (χ4n) is 3.81. The second kappa shape index (κ2) is 6.40. The Hall–Kier alpha value is -1.75. The van der Waals surface area contributed by atoms with E-state index >= 15 is 0 Å². The van der Waals surface area contributed by atoms with Crippen molar-refractivity contribution in [3.8, 4) is 0 Å². The normalized spacial score (nSPS) is 30.3. The van der Waals surface area contributed by atoms with Crippen LogP contribution in [0.25, 0.3) is 11.0 Å². The predicted octanol–water partition coefficient (Wildman–Crippen LogP) is 2.34. The number of alkyl halides is 3. The Labute approximate surface area is 154 Å². The zero-order chi connectivity index (χ0) is 19.4. The Morgan fingerprint density at radius 2 is 2.00 bits per heavy atom. The summed E-state index contributed by atoms with van der Waals surface area (Å²) in [5.74, 6) is -0.837. The molecule has 0 bridgehead atoms. The van der Waals surface area contributed by atoms with Crippen LogP contribution in [0.3, 0.4) is 0 Å². The molecule has 0 amide bonds. The van der Waals surface area contributed by atoms with Crippen molar-refractivity contribution < 1.29 is 27.4 Å². The summed E-state index contributed by atoms with van der Waals surface area (Å²) in [6.45, 7) is 2.63. The van der Waals surface area contributed by atoms with Crippen molar-refractivity contribution >= 4 is 11.0 Å². The van der Waals surface area contributed by atoms with Gasteiger partial charge in [0.2, 0.25) is 0 Å². The number of halogens is 3. The average molecular weight is 386 g/mol. The van der Waals surface area contributed by atoms with E-state index in [-0.39, 0.29) is 6.54 Å². The maximum absolute atomic E-state index is 12.7. The topological polar surface area (TPSA) is 61.6 Å². The van der Waals surface area contributed by atoms with Crippen LogP contribution in [0.1, 0.15) is 20.1 Å². The van der Waals surface area contributed by atoms with Crippen LogP contribution in [-0.2, 0) is 14.2 Å². The van der Waals surface area contributed by atoms with Gasteiger partial charge in [-0.1, -0.05) is 0 Å². The van der Waals surface area contributed by atoms with Crippen molar-refractivity contribution in [1.29, 1.82) is 0 Å². The van der Waals surface area contributed by atoms with Gasteiger partial charge in [0.1, 0.15) is 30.3 Å². The van der Waals surface area contributed by atoms with Gasteiger partial charge < -0.3 is 18.8 Å². The highest BCUT2D eigenvalue weighted by Crippen LogP contribution is 2.44. The van der Waals surface area contributed by atoms with E-state index in [2.05, 4.69) is 9.97 Å². The minimum absolute atomic E-state index is 0.0742. The monoisotopic (exact) mass is 386 g/mol. The summed E-state index contributed by atoms with van der Waals surface area (Å²) in [6, 6.07) is 1.86. The van der Waals surface area contributed by atoms with Crippen LogP contribution in [0.5, 0.6) is 0 Å². The van der Waals surface area contributed by atoms with Crippen molar-refractivity contribution in [3.63, 3.8) is 0 Å². The lowest BCUT2D eigenvalue weighted by atomic mass is 10.1. The smallest absolute Gasteiger partial charge is 0.348 e. The number of likely N-dealkylation sites (N-methyl/N-ethyl adjacent to an activating group) is 1. The third-order valence-corrected chi connectivity index (χ3v) is 4.72. The standard InChI is InChI=1S/C17H21F3N4O3/c1-16(2)26-12-11(7-23(3)8-17(18,19)20)25-15(13(12)27-16)24-5-4-10-6-21-9-22-14(10)24/h4-6,9,11-13,15H,7-8H2,1-3H3/t11-,12-,13-,15-/m1/s1. The second-order valence-corrected chi connectivity index (χ2v) is 7.47. The van der Waals surface area contributed by atoms with Crippen LogP contribution in [0.4, 0.5) is 13.2 Å². The number of ether oxygens (including phenoxy) is 3. The molecule has 2 aliphatic rings. The lowest BCUT2D eigenvalue weighted by Crippen LogP contribution is -2.41. The molecule has 2 aromatic heterocycles. The summed E-state index contributed by atoms with van der Waals surface area (Å²) in [6.07, 6.45) is -1.36. The van der Waals surface area contributed by atoms with Gasteiger partial charge in [-0.15, -0.1) is 0 Å². The van der Waals surface area contributed by atoms with Gasteiger partial charge in [-0.3, -0.25) is 4.90 Å². The second-order valence-electron chi connectivity index (χ2n) is 7.47. The fourth-order valence-corrected chi connectivity index (χ4v) is 3.81. The molecule has 0 aliphatic carbocycles. The van der Waals surface area contributed by atoms with Gasteiger partial charge in [0, 0.05) is 24.3 Å². The van der Waals surface area contributed by atoms with Gasteiger partial charge in [0.25, 0.3) is 0 Å². The van der Waals surface area contributed by atoms with E-state index in [1.165, 1.54) is 18.3 Å². The van der Waals surface area contributed by atoms with Gasteiger partial charge in [-0.05, 0) is 27.0 Å². The SMILES string of the molecule is CN(C[C@H]1O[C@@H](n2ccc3cncnc32)[C@@H]2OC(C)(C)O[C@@H]21)CC(F)(F)F. The van der Waals surface area contributed by atoms with E-state index in [0.717, 1.165) is 5.39 Å². The Morgan fingerprint density at radius 1 is 1.26 bits per heavy atom. The maximum Gasteiger partial charge on any atom is 0.401 e. The van der Waals surface area contributed by atoms with Crippen LogP contribution >= 0.6 is 0 Å². The predicted molar refractivity (Wildman–Crippen MR) is 88.8 cm³/mol. The number of nitrogens with zero attached hydrogens (tertiary/aromatic N) is 4. The molecule has 7 nitrogen and oxygen atoms in total. The average Bonchev–Trinajstić information content (AvgIpc) is 3.18. The van der Waals surface area contributed by atoms with Crippen molar-refractivity contribution in [3.05, 3.63) is 24.8 Å². The molecular formula is C17H21F3N4O3. The summed E-state index contributed by atoms with van der Waals surface area (Å²) in [7, 11) is 1.42. The number of aromatic nitrogens is 3. The third-order valence-electron chi connectivity index (χ3n) is 4.72. The molecule has 4 heterocycles. The summed E-state index contributed by atoms with van der Waals surface area (Å²) < 4.78 is 58.0. The van der Waals surface area contributed by atoms with Gasteiger partial charge >= 0.3 is 6.18 Å². The maximum atomic E-state index is 12.7. The van der Waals surface area contributed by atoms with Gasteiger partial charge in [-0.2, -0.15) is 13.2 Å². The molecule has 10 heteroatoms. The zero-order valence-corrected chi connectivity index (χ0v) is 15.2. The number of rotatable bonds is 4. The summed E-state index contributed by atoms with van der Waals surface area (Å²) in [4.78, 5) is 9.47. The van der Waals surface area contributed by atoms with Crippen LogP contribution in [0.15, 0.2) is 24.8 Å². The molecule has 27 heavy (non-hydrogen) atoms. The van der Waals surface area contributed by atoms with E-state index in [4.69, 9.17) is 14.2 Å². The van der Waals surface area contributed by atoms with Crippen LogP contribution in [0, 0.1) is 0 Å². The van der Waals surface area contributed by atoms with E-state index < -0.39 is 43.0 Å². The first kappa shape index (κ1) is 18.6. The first-order valence-electron chi connectivity index (χ1n) is 8.66. The zero-order valence-electron chi connectivity index (χ0n) is 15.2. The quantitative estimate of drug-likeness (QED) is 0.804. The van der Waals surface area contributed by atoms with Crippen LogP contribution in [-0.4, -0.2) is 69.8 Å². The fraction of sp³-hybridized carbons (Fsp3) is 0.647. The third kappa shape index (κ3) is 3.66. The molecule has 4 rings (SSSR count). The number of hydrogen-bond acceptors (Lipinski definition) is 6. The Balaban J connectivity index is 1.60. The molecule has 2 fully saturated rings. The largest absolute Gasteiger partial charge is 0.401 e. The lowest BCUT2D eigenvalue weighted by Gasteiger charge is -2.27. The lowest BCUT2D eigenvalue weighted by molar-refractivity contribution is -0.200. The Kier molecular flexibility index (Phi) is 4.41. The van der Waals surface area contributed by atoms with Crippen molar-refractivity contribution in [2.45, 2.75) is 50.4 Å². The van der Waals surface area contributed by atoms with Gasteiger partial charge in [0.15, 0.2) is 12.0 Å². The van der Waals surface area contributed by atoms with Crippen molar-refractivity contribution in [2.75, 3.05) is 20.1 Å². The van der Waals surface area contributed by atoms with Crippen LogP contribution < -0.4 is 0 Å². The molecule has 0 radical (unpaired) electrons. The minimum Gasteiger partial charge on any atom is -0.348 e. The van der Waals surface area contributed by atoms with E-state index in [9.17, 15) is 13.2 Å². The first-order valence-corrected chi connectivity index (χ1v) is 8.66. The molecule has 0 saturated carbocycles. The molecule has 0 N–H and O–H groups in total. The van der Waals surface area contributed by atoms with E-state index in [0.29, 0.717) is 5.65 Å². The van der Waals surface area contributed by atoms with Crippen LogP contribution in [0.2, 0.25) is 0 Å². The highest BCUT2D eigenvalue weighted by atomic mass is 19.4. The molecule has 0 unspecified atom stereocenters. The van der Waals surface area contributed by atoms with Gasteiger partial charge in [0.05, 0.1) is 6.54 Å². The summed E-state index contributed by atoms with van der Waals surface area (Å²) >= 11 is 0. The molecule has 0 spiro atoms. The van der Waals surface area contributed by atoms with Crippen molar-refractivity contribution in [2.24, 2.45) is 0 Å². The summed E-state index contributed by atoms with van der Waals surface area (Å²) in [5.41, 5.74) is 0.673. The number of fused-ring (bicyclic) bond motifs is 2. The molecule has 4 atom stereocenters. The molecule has 0 aromatic carbocycles. The Bertz CT molecular complexity index is 825. The number of hydrogen-bond donors (Lipinski definition) is 0. The molecule has 2 aliphatic heterocycles. The van der Waals surface area contributed by atoms with E-state index in [1.807, 2.05) is 16.8 Å². The first-order chi connectivity index (χ1) is 12.6. The molecule has 148 valence electrons. The van der Waals surface area contributed by atoms with Gasteiger partial charge in [-0.25, -0.2) is 9.97 Å². The summed E-state index contributed by atoms with van der Waals surface area (Å²) in [5, 5.41) is 0.841. The molecule has 2 aromatic rings.